The van der Waals surface area contributed by atoms with Crippen LogP contribution >= 0.6 is 0 Å². The standard InChI is InChI=1S/C18H18F3N5O3S/c1-30(28,29)25-4-2-24(3-5-25)17-6-12-10-23-26(16(12)11-22-17)14-7-13(18(19,20)21)8-15(27)9-14/h6-11,27H,2-5H2,1H3. The van der Waals surface area contributed by atoms with Crippen molar-refractivity contribution in [2.75, 3.05) is 37.3 Å². The Balaban J connectivity index is 1.63. The minimum absolute atomic E-state index is 0.0636. The molecule has 0 atom stereocenters. The molecule has 0 amide bonds. The zero-order chi connectivity index (χ0) is 21.7. The molecule has 30 heavy (non-hydrogen) atoms. The largest absolute Gasteiger partial charge is 0.508 e. The molecule has 0 spiro atoms. The second kappa shape index (κ2) is 7.13. The molecule has 0 bridgehead atoms. The summed E-state index contributed by atoms with van der Waals surface area (Å²) in [4.78, 5) is 6.32. The van der Waals surface area contributed by atoms with E-state index in [1.165, 1.54) is 33.7 Å². The molecule has 0 unspecified atom stereocenters. The molecule has 1 aliphatic heterocycles. The fourth-order valence-corrected chi connectivity index (χ4v) is 4.25. The summed E-state index contributed by atoms with van der Waals surface area (Å²) in [6.07, 6.45) is -0.425. The molecule has 3 heterocycles. The molecule has 160 valence electrons. The van der Waals surface area contributed by atoms with E-state index in [-0.39, 0.29) is 5.69 Å². The maximum absolute atomic E-state index is 13.1. The number of fused-ring (bicyclic) bond motifs is 1. The lowest BCUT2D eigenvalue weighted by Crippen LogP contribution is -2.48. The number of nitrogens with zero attached hydrogens (tertiary/aromatic N) is 5. The molecule has 0 radical (unpaired) electrons. The maximum atomic E-state index is 13.1. The third-order valence-corrected chi connectivity index (χ3v) is 6.25. The minimum Gasteiger partial charge on any atom is -0.508 e. The van der Waals surface area contributed by atoms with E-state index >= 15 is 0 Å². The number of rotatable bonds is 3. The van der Waals surface area contributed by atoms with Crippen LogP contribution in [0.2, 0.25) is 0 Å². The number of anilines is 1. The molecule has 1 aliphatic rings. The van der Waals surface area contributed by atoms with E-state index < -0.39 is 27.5 Å². The summed E-state index contributed by atoms with van der Waals surface area (Å²) >= 11 is 0. The summed E-state index contributed by atoms with van der Waals surface area (Å²) in [5.41, 5.74) is -0.435. The number of hydrogen-bond donors (Lipinski definition) is 1. The molecule has 4 rings (SSSR count). The van der Waals surface area contributed by atoms with Gasteiger partial charge in [-0.1, -0.05) is 0 Å². The highest BCUT2D eigenvalue weighted by Crippen LogP contribution is 2.34. The van der Waals surface area contributed by atoms with Crippen LogP contribution in [-0.2, 0) is 16.2 Å². The molecule has 1 saturated heterocycles. The topological polar surface area (TPSA) is 91.6 Å². The first-order valence-corrected chi connectivity index (χ1v) is 10.8. The molecule has 1 N–H and O–H groups in total. The molecule has 2 aromatic heterocycles. The first-order chi connectivity index (χ1) is 14.0. The Morgan fingerprint density at radius 3 is 2.37 bits per heavy atom. The van der Waals surface area contributed by atoms with Crippen LogP contribution in [0.4, 0.5) is 19.0 Å². The molecular weight excluding hydrogens is 423 g/mol. The molecule has 3 aromatic rings. The van der Waals surface area contributed by atoms with Crippen molar-refractivity contribution in [1.29, 1.82) is 0 Å². The lowest BCUT2D eigenvalue weighted by molar-refractivity contribution is -0.137. The van der Waals surface area contributed by atoms with Gasteiger partial charge in [-0.05, 0) is 18.2 Å². The minimum atomic E-state index is -4.60. The number of hydrogen-bond acceptors (Lipinski definition) is 6. The van der Waals surface area contributed by atoms with Crippen LogP contribution in [0.3, 0.4) is 0 Å². The summed E-state index contributed by atoms with van der Waals surface area (Å²) in [5, 5.41) is 14.5. The molecule has 1 aromatic carbocycles. The van der Waals surface area contributed by atoms with Crippen molar-refractivity contribution in [2.24, 2.45) is 0 Å². The third-order valence-electron chi connectivity index (χ3n) is 4.95. The number of aromatic nitrogens is 3. The zero-order valence-electron chi connectivity index (χ0n) is 15.8. The Bertz CT molecular complexity index is 1200. The van der Waals surface area contributed by atoms with Crippen LogP contribution in [0.15, 0.2) is 36.7 Å². The first-order valence-electron chi connectivity index (χ1n) is 8.98. The Labute approximate surface area is 170 Å². The number of alkyl halides is 3. The lowest BCUT2D eigenvalue weighted by atomic mass is 10.1. The van der Waals surface area contributed by atoms with Gasteiger partial charge in [0, 0.05) is 37.6 Å². The van der Waals surface area contributed by atoms with Gasteiger partial charge in [0.1, 0.15) is 11.6 Å². The second-order valence-corrected chi connectivity index (χ2v) is 9.03. The van der Waals surface area contributed by atoms with Crippen LogP contribution < -0.4 is 4.90 Å². The van der Waals surface area contributed by atoms with E-state index in [0.29, 0.717) is 49.0 Å². The molecule has 1 fully saturated rings. The van der Waals surface area contributed by atoms with Crippen molar-refractivity contribution < 1.29 is 26.7 Å². The Morgan fingerprint density at radius 1 is 1.03 bits per heavy atom. The fraction of sp³-hybridized carbons (Fsp3) is 0.333. The van der Waals surface area contributed by atoms with E-state index in [4.69, 9.17) is 0 Å². The molecule has 0 aliphatic carbocycles. The van der Waals surface area contributed by atoms with Gasteiger partial charge in [0.05, 0.1) is 35.4 Å². The normalized spacial score (nSPS) is 16.3. The number of phenols is 1. The predicted molar refractivity (Wildman–Crippen MR) is 104 cm³/mol. The predicted octanol–water partition coefficient (Wildman–Crippen LogP) is 2.23. The number of aromatic hydroxyl groups is 1. The van der Waals surface area contributed by atoms with E-state index in [2.05, 4.69) is 10.1 Å². The number of phenolic OH excluding ortho intramolecular Hbond substituents is 1. The van der Waals surface area contributed by atoms with Gasteiger partial charge in [0.2, 0.25) is 10.0 Å². The molecule has 8 nitrogen and oxygen atoms in total. The summed E-state index contributed by atoms with van der Waals surface area (Å²) < 4.78 is 65.2. The van der Waals surface area contributed by atoms with E-state index in [1.54, 1.807) is 6.07 Å². The zero-order valence-corrected chi connectivity index (χ0v) is 16.7. The average Bonchev–Trinajstić information content (AvgIpc) is 3.09. The Kier molecular flexibility index (Phi) is 4.85. The highest BCUT2D eigenvalue weighted by molar-refractivity contribution is 7.88. The van der Waals surface area contributed by atoms with E-state index in [9.17, 15) is 26.7 Å². The first kappa shape index (κ1) is 20.4. The van der Waals surface area contributed by atoms with Gasteiger partial charge in [0.25, 0.3) is 0 Å². The Morgan fingerprint density at radius 2 is 1.73 bits per heavy atom. The van der Waals surface area contributed by atoms with Crippen molar-refractivity contribution in [1.82, 2.24) is 19.1 Å². The summed E-state index contributed by atoms with van der Waals surface area (Å²) in [5.74, 6) is 0.110. The van der Waals surface area contributed by atoms with Gasteiger partial charge in [-0.2, -0.15) is 22.6 Å². The van der Waals surface area contributed by atoms with Gasteiger partial charge in [-0.25, -0.2) is 18.1 Å². The molecular formula is C18H18F3N5O3S. The SMILES string of the molecule is CS(=O)(=O)N1CCN(c2cc3cnn(-c4cc(O)cc(C(F)(F)F)c4)c3cn2)CC1. The second-order valence-electron chi connectivity index (χ2n) is 7.04. The third kappa shape index (κ3) is 3.92. The van der Waals surface area contributed by atoms with Crippen molar-refractivity contribution in [3.63, 3.8) is 0 Å². The number of pyridine rings is 1. The van der Waals surface area contributed by atoms with Crippen molar-refractivity contribution in [2.45, 2.75) is 6.18 Å². The van der Waals surface area contributed by atoms with Crippen molar-refractivity contribution in [3.8, 4) is 11.4 Å². The van der Waals surface area contributed by atoms with Gasteiger partial charge in [0.15, 0.2) is 0 Å². The average molecular weight is 441 g/mol. The number of halogens is 3. The number of benzene rings is 1. The van der Waals surface area contributed by atoms with Crippen molar-refractivity contribution in [3.05, 3.63) is 42.2 Å². The molecule has 12 heteroatoms. The summed E-state index contributed by atoms with van der Waals surface area (Å²) in [6.45, 7) is 1.64. The Hall–Kier alpha value is -2.86. The quantitative estimate of drug-likeness (QED) is 0.670. The molecule has 0 saturated carbocycles. The van der Waals surface area contributed by atoms with Crippen LogP contribution in [0.1, 0.15) is 5.56 Å². The number of sulfonamides is 1. The summed E-state index contributed by atoms with van der Waals surface area (Å²) in [7, 11) is -3.24. The number of piperazine rings is 1. The van der Waals surface area contributed by atoms with E-state index in [0.717, 1.165) is 6.07 Å². The van der Waals surface area contributed by atoms with Crippen molar-refractivity contribution >= 4 is 26.7 Å². The van der Waals surface area contributed by atoms with Crippen LogP contribution in [0.25, 0.3) is 16.6 Å². The summed E-state index contributed by atoms with van der Waals surface area (Å²) in [6, 6.07) is 4.51. The van der Waals surface area contributed by atoms with Crippen LogP contribution in [-0.4, -0.2) is 65.0 Å². The highest BCUT2D eigenvalue weighted by Gasteiger charge is 2.31. The maximum Gasteiger partial charge on any atom is 0.416 e. The van der Waals surface area contributed by atoms with Gasteiger partial charge >= 0.3 is 6.18 Å². The lowest BCUT2D eigenvalue weighted by Gasteiger charge is -2.33. The van der Waals surface area contributed by atoms with Crippen LogP contribution in [0.5, 0.6) is 5.75 Å². The van der Waals surface area contributed by atoms with E-state index in [1.807, 2.05) is 4.90 Å². The van der Waals surface area contributed by atoms with Gasteiger partial charge < -0.3 is 10.0 Å². The van der Waals surface area contributed by atoms with Crippen LogP contribution in [0, 0.1) is 0 Å². The monoisotopic (exact) mass is 441 g/mol. The van der Waals surface area contributed by atoms with Gasteiger partial charge in [-0.15, -0.1) is 0 Å². The van der Waals surface area contributed by atoms with Gasteiger partial charge in [-0.3, -0.25) is 0 Å². The highest BCUT2D eigenvalue weighted by atomic mass is 32.2. The fourth-order valence-electron chi connectivity index (χ4n) is 3.42. The smallest absolute Gasteiger partial charge is 0.416 e.